The van der Waals surface area contributed by atoms with Gasteiger partial charge >= 0.3 is 0 Å². The molecule has 1 aromatic rings. The summed E-state index contributed by atoms with van der Waals surface area (Å²) in [5, 5.41) is 0. The summed E-state index contributed by atoms with van der Waals surface area (Å²) in [5.74, 6) is 0.616. The molecule has 2 aliphatic rings. The van der Waals surface area contributed by atoms with Crippen LogP contribution in [0.25, 0.3) is 0 Å². The van der Waals surface area contributed by atoms with E-state index < -0.39 is 15.4 Å². The quantitative estimate of drug-likeness (QED) is 0.760. The minimum atomic E-state index is -3.42. The van der Waals surface area contributed by atoms with Gasteiger partial charge in [-0.3, -0.25) is 9.59 Å². The number of carbonyl (C=O) groups excluding carboxylic acids is 2. The molecule has 0 saturated carbocycles. The number of sulfonamides is 1. The van der Waals surface area contributed by atoms with Crippen molar-refractivity contribution in [3.8, 4) is 0 Å². The van der Waals surface area contributed by atoms with Gasteiger partial charge in [-0.05, 0) is 26.0 Å². The van der Waals surface area contributed by atoms with Crippen LogP contribution < -0.4 is 0 Å². The fourth-order valence-electron chi connectivity index (χ4n) is 3.86. The lowest BCUT2D eigenvalue weighted by Crippen LogP contribution is -2.45. The van der Waals surface area contributed by atoms with Crippen LogP contribution in [0.3, 0.4) is 0 Å². The SMILES string of the molecule is CCN1CC2(CC1=O)CN(C(=O)c1ccc(C)o1)CCN(S(C)(=O)=O)C2. The Bertz CT molecular complexity index is 818. The number of furan rings is 1. The Labute approximate surface area is 153 Å². The molecule has 1 aromatic heterocycles. The van der Waals surface area contributed by atoms with Crippen LogP contribution in [0.15, 0.2) is 16.5 Å². The van der Waals surface area contributed by atoms with Crippen LogP contribution in [0.4, 0.5) is 0 Å². The van der Waals surface area contributed by atoms with Crippen LogP contribution in [0.2, 0.25) is 0 Å². The molecule has 2 amide bonds. The molecule has 1 atom stereocenters. The number of rotatable bonds is 3. The van der Waals surface area contributed by atoms with Crippen molar-refractivity contribution >= 4 is 21.8 Å². The van der Waals surface area contributed by atoms with Crippen LogP contribution in [0.1, 0.15) is 29.7 Å². The molecule has 0 aromatic carbocycles. The molecule has 1 spiro atoms. The molecule has 0 N–H and O–H groups in total. The number of hydrogen-bond donors (Lipinski definition) is 0. The van der Waals surface area contributed by atoms with E-state index in [9.17, 15) is 18.0 Å². The molecular weight excluding hydrogens is 358 g/mol. The first-order valence-electron chi connectivity index (χ1n) is 8.72. The topological polar surface area (TPSA) is 91.1 Å². The monoisotopic (exact) mass is 383 g/mol. The average Bonchev–Trinajstić information content (AvgIpc) is 3.05. The summed E-state index contributed by atoms with van der Waals surface area (Å²) in [6.07, 6.45) is 1.41. The molecule has 9 heteroatoms. The summed E-state index contributed by atoms with van der Waals surface area (Å²) in [5.41, 5.74) is -0.593. The summed E-state index contributed by atoms with van der Waals surface area (Å²) in [7, 11) is -3.42. The average molecular weight is 383 g/mol. The molecule has 0 bridgehead atoms. The maximum Gasteiger partial charge on any atom is 0.289 e. The Morgan fingerprint density at radius 3 is 2.50 bits per heavy atom. The van der Waals surface area contributed by atoms with E-state index in [1.807, 2.05) is 6.92 Å². The van der Waals surface area contributed by atoms with Crippen molar-refractivity contribution in [2.75, 3.05) is 45.5 Å². The lowest BCUT2D eigenvalue weighted by Gasteiger charge is -2.32. The van der Waals surface area contributed by atoms with E-state index in [4.69, 9.17) is 4.42 Å². The second-order valence-corrected chi connectivity index (χ2v) is 9.30. The maximum atomic E-state index is 12.9. The minimum Gasteiger partial charge on any atom is -0.456 e. The Balaban J connectivity index is 1.92. The highest BCUT2D eigenvalue weighted by Gasteiger charge is 2.48. The molecule has 3 rings (SSSR count). The second kappa shape index (κ2) is 6.70. The van der Waals surface area contributed by atoms with Gasteiger partial charge in [-0.15, -0.1) is 0 Å². The molecule has 1 unspecified atom stereocenters. The third-order valence-electron chi connectivity index (χ3n) is 5.15. The predicted octanol–water partition coefficient (Wildman–Crippen LogP) is 0.544. The van der Waals surface area contributed by atoms with Crippen molar-refractivity contribution in [3.63, 3.8) is 0 Å². The van der Waals surface area contributed by atoms with Gasteiger partial charge in [-0.2, -0.15) is 4.31 Å². The van der Waals surface area contributed by atoms with Gasteiger partial charge in [0, 0.05) is 51.1 Å². The van der Waals surface area contributed by atoms with Crippen LogP contribution in [-0.2, 0) is 14.8 Å². The minimum absolute atomic E-state index is 0.00379. The first kappa shape index (κ1) is 18.9. The zero-order valence-corrected chi connectivity index (χ0v) is 16.2. The van der Waals surface area contributed by atoms with E-state index in [1.165, 1.54) is 10.6 Å². The predicted molar refractivity (Wildman–Crippen MR) is 95.1 cm³/mol. The fourth-order valence-corrected chi connectivity index (χ4v) is 4.78. The highest BCUT2D eigenvalue weighted by Crippen LogP contribution is 2.36. The highest BCUT2D eigenvalue weighted by molar-refractivity contribution is 7.88. The molecule has 2 saturated heterocycles. The summed E-state index contributed by atoms with van der Waals surface area (Å²) in [6, 6.07) is 3.35. The Kier molecular flexibility index (Phi) is 4.87. The number of nitrogens with zero attached hydrogens (tertiary/aromatic N) is 3. The number of aryl methyl sites for hydroxylation is 1. The zero-order valence-electron chi connectivity index (χ0n) is 15.4. The normalized spacial score (nSPS) is 25.1. The first-order chi connectivity index (χ1) is 12.1. The maximum absolute atomic E-state index is 12.9. The van der Waals surface area contributed by atoms with Crippen LogP contribution in [0.5, 0.6) is 0 Å². The number of carbonyl (C=O) groups is 2. The largest absolute Gasteiger partial charge is 0.456 e. The number of amides is 2. The third-order valence-corrected chi connectivity index (χ3v) is 6.40. The zero-order chi connectivity index (χ0) is 19.1. The van der Waals surface area contributed by atoms with Gasteiger partial charge < -0.3 is 14.2 Å². The van der Waals surface area contributed by atoms with Gasteiger partial charge in [0.2, 0.25) is 15.9 Å². The highest BCUT2D eigenvalue weighted by atomic mass is 32.2. The lowest BCUT2D eigenvalue weighted by atomic mass is 9.86. The third kappa shape index (κ3) is 3.64. The van der Waals surface area contributed by atoms with Crippen molar-refractivity contribution in [1.29, 1.82) is 0 Å². The van der Waals surface area contributed by atoms with Crippen molar-refractivity contribution < 1.29 is 22.4 Å². The van der Waals surface area contributed by atoms with E-state index in [-0.39, 0.29) is 43.6 Å². The Morgan fingerprint density at radius 1 is 1.23 bits per heavy atom. The van der Waals surface area contributed by atoms with E-state index in [0.29, 0.717) is 25.4 Å². The number of hydrogen-bond acceptors (Lipinski definition) is 5. The summed E-state index contributed by atoms with van der Waals surface area (Å²) < 4.78 is 31.2. The standard InChI is InChI=1S/C17H25N3O5S/c1-4-18-10-17(9-15(18)21)11-19(7-8-20(12-17)26(3,23)24)16(22)14-6-5-13(2)25-14/h5-6H,4,7-12H2,1-3H3. The van der Waals surface area contributed by atoms with Crippen molar-refractivity contribution in [2.24, 2.45) is 5.41 Å². The van der Waals surface area contributed by atoms with Crippen LogP contribution >= 0.6 is 0 Å². The molecule has 8 nitrogen and oxygen atoms in total. The molecular formula is C17H25N3O5S. The number of likely N-dealkylation sites (tertiary alicyclic amines) is 1. The van der Waals surface area contributed by atoms with Gasteiger partial charge in [0.15, 0.2) is 5.76 Å². The molecule has 0 radical (unpaired) electrons. The Morgan fingerprint density at radius 2 is 1.96 bits per heavy atom. The van der Waals surface area contributed by atoms with E-state index in [2.05, 4.69) is 0 Å². The second-order valence-electron chi connectivity index (χ2n) is 7.32. The van der Waals surface area contributed by atoms with Crippen LogP contribution in [0, 0.1) is 12.3 Å². The summed E-state index contributed by atoms with van der Waals surface area (Å²) in [4.78, 5) is 28.5. The molecule has 26 heavy (non-hydrogen) atoms. The fraction of sp³-hybridized carbons (Fsp3) is 0.647. The van der Waals surface area contributed by atoms with Gasteiger partial charge in [0.05, 0.1) is 6.26 Å². The first-order valence-corrected chi connectivity index (χ1v) is 10.6. The van der Waals surface area contributed by atoms with Crippen molar-refractivity contribution in [1.82, 2.24) is 14.1 Å². The van der Waals surface area contributed by atoms with Gasteiger partial charge in [0.1, 0.15) is 5.76 Å². The molecule has 3 heterocycles. The van der Waals surface area contributed by atoms with E-state index >= 15 is 0 Å². The Hall–Kier alpha value is -1.87. The van der Waals surface area contributed by atoms with E-state index in [0.717, 1.165) is 0 Å². The van der Waals surface area contributed by atoms with Crippen molar-refractivity contribution in [2.45, 2.75) is 20.3 Å². The van der Waals surface area contributed by atoms with Crippen molar-refractivity contribution in [3.05, 3.63) is 23.7 Å². The van der Waals surface area contributed by atoms with E-state index in [1.54, 1.807) is 28.9 Å². The smallest absolute Gasteiger partial charge is 0.289 e. The van der Waals surface area contributed by atoms with Gasteiger partial charge in [-0.25, -0.2) is 8.42 Å². The lowest BCUT2D eigenvalue weighted by molar-refractivity contribution is -0.127. The summed E-state index contributed by atoms with van der Waals surface area (Å²) >= 11 is 0. The molecule has 0 aliphatic carbocycles. The summed E-state index contributed by atoms with van der Waals surface area (Å²) in [6.45, 7) is 5.76. The van der Waals surface area contributed by atoms with Crippen LogP contribution in [-0.4, -0.2) is 79.9 Å². The van der Waals surface area contributed by atoms with Gasteiger partial charge in [0.25, 0.3) is 5.91 Å². The molecule has 2 aliphatic heterocycles. The molecule has 2 fully saturated rings. The molecule has 144 valence electrons. The van der Waals surface area contributed by atoms with Gasteiger partial charge in [-0.1, -0.05) is 0 Å².